The molecule has 100 valence electrons. The van der Waals surface area contributed by atoms with E-state index in [1.807, 2.05) is 6.92 Å². The van der Waals surface area contributed by atoms with Crippen LogP contribution in [0.4, 0.5) is 4.79 Å². The zero-order valence-corrected chi connectivity index (χ0v) is 10.6. The number of carbonyl (C=O) groups excluding carboxylic acids is 3. The van der Waals surface area contributed by atoms with Crippen molar-refractivity contribution in [3.8, 4) is 0 Å². The van der Waals surface area contributed by atoms with Gasteiger partial charge in [0.1, 0.15) is 5.92 Å². The van der Waals surface area contributed by atoms with Crippen LogP contribution >= 0.6 is 0 Å². The minimum absolute atomic E-state index is 0.368. The number of hydrogen-bond acceptors (Lipinski definition) is 4. The molecule has 1 atom stereocenters. The van der Waals surface area contributed by atoms with Gasteiger partial charge in [-0.05, 0) is 19.3 Å². The molecule has 6 heteroatoms. The fraction of sp³-hybridized carbons (Fsp3) is 0.750. The molecule has 4 amide bonds. The van der Waals surface area contributed by atoms with E-state index >= 15 is 0 Å². The van der Waals surface area contributed by atoms with Crippen molar-refractivity contribution in [1.29, 1.82) is 0 Å². The fourth-order valence-corrected chi connectivity index (χ4v) is 2.49. The molecule has 2 fully saturated rings. The quantitative estimate of drug-likeness (QED) is 0.758. The van der Waals surface area contributed by atoms with Crippen molar-refractivity contribution >= 4 is 17.8 Å². The van der Waals surface area contributed by atoms with Crippen molar-refractivity contribution in [1.82, 2.24) is 15.3 Å². The summed E-state index contributed by atoms with van der Waals surface area (Å²) in [5.41, 5.74) is 0. The molecule has 2 rings (SSSR count). The van der Waals surface area contributed by atoms with Crippen LogP contribution in [-0.2, 0) is 9.59 Å². The first-order chi connectivity index (χ1) is 8.65. The maximum atomic E-state index is 12.2. The molecule has 0 aliphatic carbocycles. The summed E-state index contributed by atoms with van der Waals surface area (Å²) in [6, 6.07) is -0.598. The Morgan fingerprint density at radius 3 is 2.44 bits per heavy atom. The third-order valence-electron chi connectivity index (χ3n) is 3.44. The molecule has 2 heterocycles. The van der Waals surface area contributed by atoms with Gasteiger partial charge in [0, 0.05) is 13.1 Å². The second kappa shape index (κ2) is 5.48. The van der Waals surface area contributed by atoms with Gasteiger partial charge in [0.15, 0.2) is 0 Å². The highest BCUT2D eigenvalue weighted by Crippen LogP contribution is 2.20. The summed E-state index contributed by atoms with van der Waals surface area (Å²) in [4.78, 5) is 35.7. The smallest absolute Gasteiger partial charge is 0.276 e. The van der Waals surface area contributed by atoms with Gasteiger partial charge in [-0.15, -0.1) is 0 Å². The summed E-state index contributed by atoms with van der Waals surface area (Å²) in [7, 11) is 0. The lowest BCUT2D eigenvalue weighted by molar-refractivity contribution is -0.155. The summed E-state index contributed by atoms with van der Waals surface area (Å²) in [5, 5.41) is 5.18. The molecule has 0 aromatic heterocycles. The molecule has 6 nitrogen and oxygen atoms in total. The van der Waals surface area contributed by atoms with Gasteiger partial charge in [0.25, 0.3) is 5.91 Å². The molecule has 0 saturated carbocycles. The van der Waals surface area contributed by atoms with Crippen LogP contribution in [0.1, 0.15) is 39.0 Å². The van der Waals surface area contributed by atoms with Crippen molar-refractivity contribution in [2.24, 2.45) is 5.92 Å². The SMILES string of the molecule is CCCC1C(=O)NC(=O)N(N2CCCCC2)C1=O. The standard InChI is InChI=1S/C12H19N3O3/c1-2-6-9-10(16)13-12(18)15(11(9)17)14-7-4-3-5-8-14/h9H,2-8H2,1H3,(H,13,16,18). The molecule has 1 N–H and O–H groups in total. The highest BCUT2D eigenvalue weighted by Gasteiger charge is 2.42. The van der Waals surface area contributed by atoms with E-state index in [2.05, 4.69) is 5.32 Å². The van der Waals surface area contributed by atoms with E-state index in [1.54, 1.807) is 5.01 Å². The molecular formula is C12H19N3O3. The van der Waals surface area contributed by atoms with Crippen LogP contribution < -0.4 is 5.32 Å². The first-order valence-electron chi connectivity index (χ1n) is 6.58. The number of hydrazine groups is 1. The normalized spacial score (nSPS) is 26.4. The van der Waals surface area contributed by atoms with Crippen LogP contribution in [0.25, 0.3) is 0 Å². The molecule has 0 spiro atoms. The average Bonchev–Trinajstić information content (AvgIpc) is 2.35. The van der Waals surface area contributed by atoms with Crippen molar-refractivity contribution in [3.63, 3.8) is 0 Å². The molecular weight excluding hydrogens is 234 g/mol. The first kappa shape index (κ1) is 13.0. The minimum Gasteiger partial charge on any atom is -0.276 e. The zero-order chi connectivity index (χ0) is 13.1. The maximum absolute atomic E-state index is 12.2. The number of nitrogens with zero attached hydrogens (tertiary/aromatic N) is 2. The van der Waals surface area contributed by atoms with Crippen LogP contribution in [0.5, 0.6) is 0 Å². The lowest BCUT2D eigenvalue weighted by Crippen LogP contribution is -2.64. The number of imide groups is 2. The van der Waals surface area contributed by atoms with Gasteiger partial charge in [0.05, 0.1) is 0 Å². The van der Waals surface area contributed by atoms with Crippen LogP contribution in [-0.4, -0.2) is 41.0 Å². The van der Waals surface area contributed by atoms with Crippen molar-refractivity contribution in [2.45, 2.75) is 39.0 Å². The highest BCUT2D eigenvalue weighted by atomic mass is 16.2. The zero-order valence-electron chi connectivity index (χ0n) is 10.6. The van der Waals surface area contributed by atoms with Gasteiger partial charge < -0.3 is 0 Å². The Hall–Kier alpha value is -1.43. The van der Waals surface area contributed by atoms with Crippen LogP contribution in [0, 0.1) is 5.92 Å². The maximum Gasteiger partial charge on any atom is 0.345 e. The predicted molar refractivity (Wildman–Crippen MR) is 64.2 cm³/mol. The number of piperidine rings is 1. The summed E-state index contributed by atoms with van der Waals surface area (Å²) in [6.45, 7) is 3.32. The van der Waals surface area contributed by atoms with Gasteiger partial charge in [-0.2, -0.15) is 5.01 Å². The molecule has 2 saturated heterocycles. The van der Waals surface area contributed by atoms with E-state index in [9.17, 15) is 14.4 Å². The largest absolute Gasteiger partial charge is 0.345 e. The average molecular weight is 253 g/mol. The number of barbiturate groups is 1. The Labute approximate surface area is 106 Å². The molecule has 1 unspecified atom stereocenters. The van der Waals surface area contributed by atoms with Crippen LogP contribution in [0.15, 0.2) is 0 Å². The molecule has 2 aliphatic rings. The second-order valence-electron chi connectivity index (χ2n) is 4.80. The predicted octanol–water partition coefficient (Wildman–Crippen LogP) is 0.882. The molecule has 0 radical (unpaired) electrons. The van der Waals surface area contributed by atoms with Gasteiger partial charge in [0.2, 0.25) is 5.91 Å². The first-order valence-corrected chi connectivity index (χ1v) is 6.58. The summed E-state index contributed by atoms with van der Waals surface area (Å²) in [5.74, 6) is -1.54. The fourth-order valence-electron chi connectivity index (χ4n) is 2.49. The van der Waals surface area contributed by atoms with E-state index < -0.39 is 17.9 Å². The van der Waals surface area contributed by atoms with E-state index in [1.165, 1.54) is 0 Å². The van der Waals surface area contributed by atoms with Crippen LogP contribution in [0.3, 0.4) is 0 Å². The van der Waals surface area contributed by atoms with Gasteiger partial charge in [-0.25, -0.2) is 9.80 Å². The third kappa shape index (κ3) is 2.38. The monoisotopic (exact) mass is 253 g/mol. The van der Waals surface area contributed by atoms with Crippen molar-refractivity contribution < 1.29 is 14.4 Å². The molecule has 18 heavy (non-hydrogen) atoms. The van der Waals surface area contributed by atoms with Gasteiger partial charge >= 0.3 is 6.03 Å². The summed E-state index contributed by atoms with van der Waals surface area (Å²) < 4.78 is 0. The minimum atomic E-state index is -0.713. The lowest BCUT2D eigenvalue weighted by Gasteiger charge is -2.39. The molecule has 0 aromatic carbocycles. The number of urea groups is 1. The molecule has 0 bridgehead atoms. The Morgan fingerprint density at radius 2 is 1.83 bits per heavy atom. The number of nitrogens with one attached hydrogen (secondary N) is 1. The Bertz CT molecular complexity index is 364. The Morgan fingerprint density at radius 1 is 1.17 bits per heavy atom. The number of rotatable bonds is 3. The number of carbonyl (C=O) groups is 3. The molecule has 0 aromatic rings. The Kier molecular flexibility index (Phi) is 3.96. The summed E-state index contributed by atoms with van der Waals surface area (Å²) >= 11 is 0. The topological polar surface area (TPSA) is 69.7 Å². The summed E-state index contributed by atoms with van der Waals surface area (Å²) in [6.07, 6.45) is 4.30. The van der Waals surface area contributed by atoms with Gasteiger partial charge in [-0.1, -0.05) is 19.8 Å². The number of hydrogen-bond donors (Lipinski definition) is 1. The second-order valence-corrected chi connectivity index (χ2v) is 4.80. The third-order valence-corrected chi connectivity index (χ3v) is 3.44. The van der Waals surface area contributed by atoms with Gasteiger partial charge in [-0.3, -0.25) is 14.9 Å². The van der Waals surface area contributed by atoms with Crippen molar-refractivity contribution in [2.75, 3.05) is 13.1 Å². The van der Waals surface area contributed by atoms with E-state index in [0.717, 1.165) is 30.7 Å². The number of amides is 4. The van der Waals surface area contributed by atoms with E-state index in [4.69, 9.17) is 0 Å². The van der Waals surface area contributed by atoms with E-state index in [0.29, 0.717) is 19.5 Å². The van der Waals surface area contributed by atoms with E-state index in [-0.39, 0.29) is 5.91 Å². The highest BCUT2D eigenvalue weighted by molar-refractivity contribution is 6.15. The Balaban J connectivity index is 2.14. The molecule has 2 aliphatic heterocycles. The lowest BCUT2D eigenvalue weighted by atomic mass is 10.00. The van der Waals surface area contributed by atoms with Crippen molar-refractivity contribution in [3.05, 3.63) is 0 Å². The van der Waals surface area contributed by atoms with Crippen LogP contribution in [0.2, 0.25) is 0 Å².